The van der Waals surface area contributed by atoms with Gasteiger partial charge in [-0.3, -0.25) is 0 Å². The van der Waals surface area contributed by atoms with E-state index >= 15 is 0 Å². The van der Waals surface area contributed by atoms with Crippen molar-refractivity contribution >= 4 is 34.2 Å². The summed E-state index contributed by atoms with van der Waals surface area (Å²) < 4.78 is 7.88. The van der Waals surface area contributed by atoms with Crippen LogP contribution in [0.25, 0.3) is 22.6 Å². The normalized spacial score (nSPS) is 11.3. The number of halogens is 1. The van der Waals surface area contributed by atoms with Crippen LogP contribution in [0.3, 0.4) is 0 Å². The minimum Gasteiger partial charge on any atom is -0.495 e. The molecule has 3 rings (SSSR count). The van der Waals surface area contributed by atoms with Crippen LogP contribution in [-0.4, -0.2) is 11.7 Å². The topological polar surface area (TPSA) is 14.2 Å². The standard InChI is InChI=1S/C23H24ClNO/c1-4-5-14-25-16-21(20-10-7-11-22(26-3)23(20)25)17(2)12-13-18-8-6-9-19(24)15-18/h6-13,15-16H,2,4-5,14H2,1,3H3/b13-12-. The van der Waals surface area contributed by atoms with Crippen molar-refractivity contribution in [1.82, 2.24) is 4.57 Å². The van der Waals surface area contributed by atoms with E-state index in [9.17, 15) is 0 Å². The first-order valence-corrected chi connectivity index (χ1v) is 9.30. The fourth-order valence-corrected chi connectivity index (χ4v) is 3.35. The fraction of sp³-hybridized carbons (Fsp3) is 0.217. The summed E-state index contributed by atoms with van der Waals surface area (Å²) in [6.07, 6.45) is 8.56. The van der Waals surface area contributed by atoms with Crippen LogP contribution in [0.5, 0.6) is 5.75 Å². The second-order valence-corrected chi connectivity index (χ2v) is 6.80. The van der Waals surface area contributed by atoms with Gasteiger partial charge in [-0.1, -0.05) is 67.9 Å². The number of aryl methyl sites for hydroxylation is 1. The second-order valence-electron chi connectivity index (χ2n) is 6.36. The van der Waals surface area contributed by atoms with Gasteiger partial charge in [-0.05, 0) is 35.8 Å². The number of hydrogen-bond acceptors (Lipinski definition) is 1. The molecular weight excluding hydrogens is 342 g/mol. The number of allylic oxidation sites excluding steroid dienone is 2. The molecule has 0 aliphatic carbocycles. The van der Waals surface area contributed by atoms with Crippen molar-refractivity contribution in [1.29, 1.82) is 0 Å². The smallest absolute Gasteiger partial charge is 0.143 e. The molecule has 0 spiro atoms. The van der Waals surface area contributed by atoms with Crippen molar-refractivity contribution in [3.05, 3.63) is 77.5 Å². The quantitative estimate of drug-likeness (QED) is 0.418. The summed E-state index contributed by atoms with van der Waals surface area (Å²) >= 11 is 6.07. The Kier molecular flexibility index (Phi) is 5.85. The average molecular weight is 366 g/mol. The molecule has 1 aromatic heterocycles. The summed E-state index contributed by atoms with van der Waals surface area (Å²) in [5.74, 6) is 0.900. The highest BCUT2D eigenvalue weighted by atomic mass is 35.5. The van der Waals surface area contributed by atoms with Gasteiger partial charge in [-0.2, -0.15) is 0 Å². The van der Waals surface area contributed by atoms with Crippen molar-refractivity contribution in [2.24, 2.45) is 0 Å². The molecule has 1 heterocycles. The lowest BCUT2D eigenvalue weighted by molar-refractivity contribution is 0.417. The van der Waals surface area contributed by atoms with Crippen LogP contribution in [0, 0.1) is 0 Å². The molecule has 2 aromatic carbocycles. The first-order chi connectivity index (χ1) is 12.6. The van der Waals surface area contributed by atoms with Gasteiger partial charge >= 0.3 is 0 Å². The van der Waals surface area contributed by atoms with Crippen molar-refractivity contribution < 1.29 is 4.74 Å². The summed E-state index contributed by atoms with van der Waals surface area (Å²) in [6.45, 7) is 7.46. The van der Waals surface area contributed by atoms with E-state index in [0.29, 0.717) is 0 Å². The number of ether oxygens (including phenoxy) is 1. The monoisotopic (exact) mass is 365 g/mol. The predicted octanol–water partition coefficient (Wildman–Crippen LogP) is 6.83. The minimum absolute atomic E-state index is 0.735. The fourth-order valence-electron chi connectivity index (χ4n) is 3.15. The van der Waals surface area contributed by atoms with Crippen molar-refractivity contribution in [2.45, 2.75) is 26.3 Å². The Morgan fingerprint density at radius 3 is 2.77 bits per heavy atom. The van der Waals surface area contributed by atoms with Crippen molar-refractivity contribution in [3.63, 3.8) is 0 Å². The highest BCUT2D eigenvalue weighted by Gasteiger charge is 2.13. The Labute approximate surface area is 160 Å². The van der Waals surface area contributed by atoms with Crippen molar-refractivity contribution in [2.75, 3.05) is 7.11 Å². The molecule has 0 radical (unpaired) electrons. The number of methoxy groups -OCH3 is 1. The van der Waals surface area contributed by atoms with Crippen LogP contribution in [0.4, 0.5) is 0 Å². The van der Waals surface area contributed by atoms with Crippen LogP contribution in [0.1, 0.15) is 30.9 Å². The van der Waals surface area contributed by atoms with E-state index in [-0.39, 0.29) is 0 Å². The maximum atomic E-state index is 6.07. The molecule has 0 saturated carbocycles. The lowest BCUT2D eigenvalue weighted by Crippen LogP contribution is -1.97. The van der Waals surface area contributed by atoms with Gasteiger partial charge in [0.1, 0.15) is 5.75 Å². The molecule has 0 unspecified atom stereocenters. The van der Waals surface area contributed by atoms with Crippen LogP contribution < -0.4 is 4.74 Å². The third-order valence-electron chi connectivity index (χ3n) is 4.51. The first-order valence-electron chi connectivity index (χ1n) is 8.92. The Hall–Kier alpha value is -2.45. The van der Waals surface area contributed by atoms with E-state index in [0.717, 1.165) is 52.4 Å². The highest BCUT2D eigenvalue weighted by molar-refractivity contribution is 6.30. The van der Waals surface area contributed by atoms with Crippen LogP contribution in [0.2, 0.25) is 5.02 Å². The van der Waals surface area contributed by atoms with Crippen LogP contribution in [0.15, 0.2) is 61.3 Å². The Morgan fingerprint density at radius 1 is 1.23 bits per heavy atom. The first kappa shape index (κ1) is 18.3. The Balaban J connectivity index is 2.00. The van der Waals surface area contributed by atoms with Gasteiger partial charge in [0.15, 0.2) is 0 Å². The molecule has 26 heavy (non-hydrogen) atoms. The SMILES string of the molecule is C=C(/C=C\c1cccc(Cl)c1)c1cn(CCCC)c2c(OC)cccc12. The molecule has 2 nitrogen and oxygen atoms in total. The lowest BCUT2D eigenvalue weighted by Gasteiger charge is -2.08. The molecule has 0 amide bonds. The average Bonchev–Trinajstić information content (AvgIpc) is 3.03. The third kappa shape index (κ3) is 3.86. The maximum Gasteiger partial charge on any atom is 0.143 e. The van der Waals surface area contributed by atoms with Crippen molar-refractivity contribution in [3.8, 4) is 5.75 Å². The number of benzene rings is 2. The Morgan fingerprint density at radius 2 is 2.04 bits per heavy atom. The van der Waals surface area contributed by atoms with Crippen LogP contribution >= 0.6 is 11.6 Å². The molecule has 3 aromatic rings. The molecule has 0 fully saturated rings. The largest absolute Gasteiger partial charge is 0.495 e. The summed E-state index contributed by atoms with van der Waals surface area (Å²) in [7, 11) is 1.72. The summed E-state index contributed by atoms with van der Waals surface area (Å²) in [6, 6.07) is 14.0. The van der Waals surface area contributed by atoms with Gasteiger partial charge in [0.25, 0.3) is 0 Å². The number of para-hydroxylation sites is 1. The van der Waals surface area contributed by atoms with Gasteiger partial charge in [0, 0.05) is 28.7 Å². The third-order valence-corrected chi connectivity index (χ3v) is 4.74. The summed E-state index contributed by atoms with van der Waals surface area (Å²) in [4.78, 5) is 0. The number of fused-ring (bicyclic) bond motifs is 1. The zero-order chi connectivity index (χ0) is 18.5. The molecule has 0 saturated heterocycles. The van der Waals surface area contributed by atoms with E-state index in [1.54, 1.807) is 7.11 Å². The molecule has 3 heteroatoms. The molecule has 0 N–H and O–H groups in total. The zero-order valence-corrected chi connectivity index (χ0v) is 16.1. The molecule has 0 aliphatic rings. The molecule has 0 atom stereocenters. The predicted molar refractivity (Wildman–Crippen MR) is 113 cm³/mol. The highest BCUT2D eigenvalue weighted by Crippen LogP contribution is 2.33. The van der Waals surface area contributed by atoms with E-state index < -0.39 is 0 Å². The zero-order valence-electron chi connectivity index (χ0n) is 15.3. The van der Waals surface area contributed by atoms with E-state index in [1.807, 2.05) is 48.6 Å². The number of nitrogens with zero attached hydrogens (tertiary/aromatic N) is 1. The summed E-state index contributed by atoms with van der Waals surface area (Å²) in [5.41, 5.74) is 4.30. The van der Waals surface area contributed by atoms with E-state index in [1.165, 1.54) is 5.39 Å². The number of aromatic nitrogens is 1. The number of unbranched alkanes of at least 4 members (excludes halogenated alkanes) is 1. The van der Waals surface area contributed by atoms with Crippen LogP contribution in [-0.2, 0) is 6.54 Å². The Bertz CT molecular complexity index is 952. The molecule has 0 aliphatic heterocycles. The molecule has 0 bridgehead atoms. The van der Waals surface area contributed by atoms with E-state index in [2.05, 4.69) is 30.3 Å². The minimum atomic E-state index is 0.735. The maximum absolute atomic E-state index is 6.07. The molecule has 134 valence electrons. The lowest BCUT2D eigenvalue weighted by atomic mass is 10.0. The number of rotatable bonds is 7. The summed E-state index contributed by atoms with van der Waals surface area (Å²) in [5, 5.41) is 1.90. The van der Waals surface area contributed by atoms with E-state index in [4.69, 9.17) is 16.3 Å². The van der Waals surface area contributed by atoms with Gasteiger partial charge in [-0.15, -0.1) is 0 Å². The van der Waals surface area contributed by atoms with Gasteiger partial charge < -0.3 is 9.30 Å². The number of hydrogen-bond donors (Lipinski definition) is 0. The van der Waals surface area contributed by atoms with Gasteiger partial charge in [-0.25, -0.2) is 0 Å². The van der Waals surface area contributed by atoms with Gasteiger partial charge in [0.2, 0.25) is 0 Å². The second kappa shape index (κ2) is 8.29. The van der Waals surface area contributed by atoms with Gasteiger partial charge in [0.05, 0.1) is 12.6 Å². The molecular formula is C23H24ClNO.